The minimum Gasteiger partial charge on any atom is -0.445 e. The average molecular weight is 372 g/mol. The number of benzene rings is 1. The Kier molecular flexibility index (Phi) is 4.53. The summed E-state index contributed by atoms with van der Waals surface area (Å²) in [6, 6.07) is 11.5. The molecule has 1 aromatic carbocycles. The number of anilines is 1. The average Bonchev–Trinajstić information content (AvgIpc) is 3.11. The highest BCUT2D eigenvalue weighted by atomic mass is 32.1. The summed E-state index contributed by atoms with van der Waals surface area (Å²) in [7, 11) is 4.64. The van der Waals surface area contributed by atoms with E-state index >= 15 is 0 Å². The molecule has 5 heteroatoms. The number of carbonyl (C=O) groups is 1. The van der Waals surface area contributed by atoms with Crippen LogP contribution in [0, 0.1) is 6.92 Å². The highest BCUT2D eigenvalue weighted by molar-refractivity contribution is 7.13. The summed E-state index contributed by atoms with van der Waals surface area (Å²) in [6.07, 6.45) is 4.16. The minimum absolute atomic E-state index is 0.0358. The molecule has 0 saturated carbocycles. The summed E-state index contributed by atoms with van der Waals surface area (Å²) < 4.78 is 6.91. The Bertz CT molecular complexity index is 784. The predicted octanol–water partition coefficient (Wildman–Crippen LogP) is 5.04. The summed E-state index contributed by atoms with van der Waals surface area (Å²) in [5, 5.41) is 5.05. The van der Waals surface area contributed by atoms with Gasteiger partial charge < -0.3 is 9.22 Å². The first kappa shape index (κ1) is 17.6. The summed E-state index contributed by atoms with van der Waals surface area (Å²) in [4.78, 5) is 13.7. The lowest BCUT2D eigenvalue weighted by molar-refractivity contribution is -0.931. The SMILES string of the molecule is Cc1ccc(-c2cccs2)c(NC(=O)OC2C[C@H]3CC[C@@H](C2)[N+]3(C)C)c1. The molecule has 2 fully saturated rings. The van der Waals surface area contributed by atoms with Crippen LogP contribution in [0.5, 0.6) is 0 Å². The number of nitrogens with zero attached hydrogens (tertiary/aromatic N) is 1. The number of piperidine rings is 1. The first-order valence-electron chi connectivity index (χ1n) is 9.39. The molecule has 1 aromatic heterocycles. The van der Waals surface area contributed by atoms with E-state index in [1.807, 2.05) is 19.1 Å². The van der Waals surface area contributed by atoms with E-state index in [0.717, 1.165) is 39.0 Å². The van der Waals surface area contributed by atoms with Crippen molar-refractivity contribution in [1.29, 1.82) is 0 Å². The number of hydrogen-bond donors (Lipinski definition) is 1. The molecule has 4 nitrogen and oxygen atoms in total. The molecule has 2 bridgehead atoms. The lowest BCUT2D eigenvalue weighted by Crippen LogP contribution is -2.56. The molecule has 0 spiro atoms. The van der Waals surface area contributed by atoms with E-state index in [9.17, 15) is 4.79 Å². The Balaban J connectivity index is 1.46. The summed E-state index contributed by atoms with van der Waals surface area (Å²) in [6.45, 7) is 2.04. The number of hydrogen-bond acceptors (Lipinski definition) is 3. The van der Waals surface area contributed by atoms with Crippen LogP contribution in [0.15, 0.2) is 35.7 Å². The lowest BCUT2D eigenvalue weighted by Gasteiger charge is -2.43. The molecule has 138 valence electrons. The van der Waals surface area contributed by atoms with Gasteiger partial charge in [0.1, 0.15) is 6.10 Å². The van der Waals surface area contributed by atoms with E-state index in [2.05, 4.69) is 43.0 Å². The molecular formula is C21H27N2O2S+. The number of amides is 1. The Morgan fingerprint density at radius 1 is 1.19 bits per heavy atom. The summed E-state index contributed by atoms with van der Waals surface area (Å²) >= 11 is 1.67. The van der Waals surface area contributed by atoms with Crippen LogP contribution < -0.4 is 5.32 Å². The highest BCUT2D eigenvalue weighted by Crippen LogP contribution is 2.40. The summed E-state index contributed by atoms with van der Waals surface area (Å²) in [5.74, 6) is 0. The van der Waals surface area contributed by atoms with Gasteiger partial charge in [0.2, 0.25) is 0 Å². The number of rotatable bonds is 3. The van der Waals surface area contributed by atoms with Gasteiger partial charge in [0.05, 0.1) is 31.9 Å². The normalized spacial score (nSPS) is 26.5. The highest BCUT2D eigenvalue weighted by Gasteiger charge is 2.49. The third kappa shape index (κ3) is 3.26. The zero-order valence-corrected chi connectivity index (χ0v) is 16.5. The van der Waals surface area contributed by atoms with E-state index in [4.69, 9.17) is 4.74 Å². The molecule has 0 aliphatic carbocycles. The van der Waals surface area contributed by atoms with Crippen molar-refractivity contribution in [3.63, 3.8) is 0 Å². The van der Waals surface area contributed by atoms with Crippen LogP contribution in [0.4, 0.5) is 10.5 Å². The van der Waals surface area contributed by atoms with Crippen LogP contribution in [-0.2, 0) is 4.74 Å². The first-order valence-corrected chi connectivity index (χ1v) is 10.3. The van der Waals surface area contributed by atoms with Crippen molar-refractivity contribution in [3.8, 4) is 10.4 Å². The Morgan fingerprint density at radius 3 is 2.58 bits per heavy atom. The van der Waals surface area contributed by atoms with Gasteiger partial charge in [0, 0.05) is 36.1 Å². The number of ether oxygens (including phenoxy) is 1. The van der Waals surface area contributed by atoms with Crippen molar-refractivity contribution < 1.29 is 14.0 Å². The molecule has 3 heterocycles. The Morgan fingerprint density at radius 2 is 1.92 bits per heavy atom. The number of nitrogens with one attached hydrogen (secondary N) is 1. The maximum absolute atomic E-state index is 12.6. The fourth-order valence-corrected chi connectivity index (χ4v) is 5.39. The maximum Gasteiger partial charge on any atom is 0.411 e. The van der Waals surface area contributed by atoms with E-state index in [1.165, 1.54) is 12.8 Å². The van der Waals surface area contributed by atoms with E-state index in [0.29, 0.717) is 12.1 Å². The van der Waals surface area contributed by atoms with Gasteiger partial charge in [-0.3, -0.25) is 5.32 Å². The van der Waals surface area contributed by atoms with Crippen LogP contribution >= 0.6 is 11.3 Å². The lowest BCUT2D eigenvalue weighted by atomic mass is 9.98. The standard InChI is InChI=1S/C21H26N2O2S/c1-14-6-9-18(20-5-4-10-26-20)19(11-14)22-21(24)25-17-12-15-7-8-16(13-17)23(15,2)3/h4-6,9-11,15-17H,7-8,12-13H2,1-3H3/p+1/t15-,16+,17?. The molecule has 1 amide bonds. The minimum atomic E-state index is -0.329. The van der Waals surface area contributed by atoms with Gasteiger partial charge in [0.25, 0.3) is 0 Å². The Labute approximate surface area is 159 Å². The third-order valence-electron chi connectivity index (χ3n) is 6.26. The molecule has 3 atom stereocenters. The number of quaternary nitrogens is 1. The molecule has 2 aliphatic rings. The Hall–Kier alpha value is -1.85. The zero-order chi connectivity index (χ0) is 18.3. The maximum atomic E-state index is 12.6. The van der Waals surface area contributed by atoms with Crippen LogP contribution in [0.25, 0.3) is 10.4 Å². The molecule has 4 rings (SSSR count). The topological polar surface area (TPSA) is 38.3 Å². The van der Waals surface area contributed by atoms with Crippen molar-refractivity contribution in [3.05, 3.63) is 41.3 Å². The van der Waals surface area contributed by atoms with Gasteiger partial charge >= 0.3 is 6.09 Å². The second-order valence-electron chi connectivity index (χ2n) is 8.16. The van der Waals surface area contributed by atoms with Crippen molar-refractivity contribution in [1.82, 2.24) is 0 Å². The zero-order valence-electron chi connectivity index (χ0n) is 15.7. The number of aryl methyl sites for hydroxylation is 1. The molecule has 0 radical (unpaired) electrons. The fourth-order valence-electron chi connectivity index (χ4n) is 4.63. The largest absolute Gasteiger partial charge is 0.445 e. The van der Waals surface area contributed by atoms with E-state index in [1.54, 1.807) is 11.3 Å². The summed E-state index contributed by atoms with van der Waals surface area (Å²) in [5.41, 5.74) is 2.99. The monoisotopic (exact) mass is 371 g/mol. The second-order valence-corrected chi connectivity index (χ2v) is 9.11. The van der Waals surface area contributed by atoms with E-state index < -0.39 is 0 Å². The van der Waals surface area contributed by atoms with E-state index in [-0.39, 0.29) is 12.2 Å². The fraction of sp³-hybridized carbons (Fsp3) is 0.476. The van der Waals surface area contributed by atoms with Gasteiger partial charge in [0.15, 0.2) is 0 Å². The van der Waals surface area contributed by atoms with Crippen molar-refractivity contribution in [2.24, 2.45) is 0 Å². The van der Waals surface area contributed by atoms with Gasteiger partial charge in [-0.2, -0.15) is 0 Å². The van der Waals surface area contributed by atoms with Crippen LogP contribution in [0.2, 0.25) is 0 Å². The molecule has 2 saturated heterocycles. The van der Waals surface area contributed by atoms with Gasteiger partial charge in [-0.25, -0.2) is 4.79 Å². The van der Waals surface area contributed by atoms with Crippen molar-refractivity contribution in [2.45, 2.75) is 50.8 Å². The smallest absolute Gasteiger partial charge is 0.411 e. The van der Waals surface area contributed by atoms with Crippen LogP contribution in [0.3, 0.4) is 0 Å². The molecule has 1 N–H and O–H groups in total. The van der Waals surface area contributed by atoms with Crippen LogP contribution in [0.1, 0.15) is 31.2 Å². The van der Waals surface area contributed by atoms with Gasteiger partial charge in [-0.15, -0.1) is 11.3 Å². The van der Waals surface area contributed by atoms with Crippen LogP contribution in [-0.4, -0.2) is 42.9 Å². The number of fused-ring (bicyclic) bond motifs is 2. The molecule has 1 unspecified atom stereocenters. The van der Waals surface area contributed by atoms with Gasteiger partial charge in [-0.1, -0.05) is 18.2 Å². The molecule has 2 aromatic rings. The van der Waals surface area contributed by atoms with Gasteiger partial charge in [-0.05, 0) is 30.0 Å². The van der Waals surface area contributed by atoms with Crippen molar-refractivity contribution >= 4 is 23.1 Å². The first-order chi connectivity index (χ1) is 12.4. The number of thiophene rings is 1. The molecule has 2 aliphatic heterocycles. The molecule has 26 heavy (non-hydrogen) atoms. The van der Waals surface area contributed by atoms with Crippen molar-refractivity contribution in [2.75, 3.05) is 19.4 Å². The number of carbonyl (C=O) groups excluding carboxylic acids is 1. The quantitative estimate of drug-likeness (QED) is 0.768. The second kappa shape index (κ2) is 6.71. The third-order valence-corrected chi connectivity index (χ3v) is 7.16. The predicted molar refractivity (Wildman–Crippen MR) is 107 cm³/mol. The molecular weight excluding hydrogens is 344 g/mol.